The van der Waals surface area contributed by atoms with Crippen LogP contribution in [0.25, 0.3) is 0 Å². The second kappa shape index (κ2) is 5.88. The molecule has 2 aromatic heterocycles. The Hall–Kier alpha value is -1.47. The fraction of sp³-hybridized carbons (Fsp3) is 0.538. The number of nitrogens with two attached hydrogens (primary N) is 1. The molecule has 1 aliphatic rings. The van der Waals surface area contributed by atoms with E-state index in [2.05, 4.69) is 27.4 Å². The van der Waals surface area contributed by atoms with E-state index in [1.54, 1.807) is 24.2 Å². The van der Waals surface area contributed by atoms with Crippen LogP contribution >= 0.6 is 11.8 Å². The maximum Gasteiger partial charge on any atom is 0.210 e. The van der Waals surface area contributed by atoms with Crippen molar-refractivity contribution in [1.29, 1.82) is 0 Å². The van der Waals surface area contributed by atoms with Crippen molar-refractivity contribution in [3.63, 3.8) is 0 Å². The zero-order valence-electron chi connectivity index (χ0n) is 11.4. The van der Waals surface area contributed by atoms with Crippen molar-refractivity contribution in [2.75, 3.05) is 0 Å². The van der Waals surface area contributed by atoms with Gasteiger partial charge in [-0.3, -0.25) is 4.98 Å². The minimum Gasteiger partial charge on any atom is -0.326 e. The predicted molar refractivity (Wildman–Crippen MR) is 77.2 cm³/mol. The lowest BCUT2D eigenvalue weighted by Gasteiger charge is -2.22. The monoisotopic (exact) mass is 290 g/mol. The van der Waals surface area contributed by atoms with Gasteiger partial charge in [-0.2, -0.15) is 0 Å². The third kappa shape index (κ3) is 2.83. The lowest BCUT2D eigenvalue weighted by molar-refractivity contribution is 0.561. The molecule has 2 aromatic rings. The highest BCUT2D eigenvalue weighted by Gasteiger charge is 2.30. The first-order chi connectivity index (χ1) is 9.79. The topological polar surface area (TPSA) is 82.5 Å². The molecule has 2 heterocycles. The summed E-state index contributed by atoms with van der Waals surface area (Å²) in [6, 6.07) is 4.56. The summed E-state index contributed by atoms with van der Waals surface area (Å²) >= 11 is 1.65. The van der Waals surface area contributed by atoms with Crippen molar-refractivity contribution in [3.05, 3.63) is 30.1 Å². The Morgan fingerprint density at radius 1 is 1.40 bits per heavy atom. The highest BCUT2D eigenvalue weighted by atomic mass is 32.2. The third-order valence-corrected chi connectivity index (χ3v) is 4.84. The van der Waals surface area contributed by atoms with Crippen LogP contribution in [0.3, 0.4) is 0 Å². The molecule has 20 heavy (non-hydrogen) atoms. The van der Waals surface area contributed by atoms with Gasteiger partial charge in [0.15, 0.2) is 0 Å². The van der Waals surface area contributed by atoms with Gasteiger partial charge in [-0.05, 0) is 47.4 Å². The fourth-order valence-electron chi connectivity index (χ4n) is 2.09. The largest absolute Gasteiger partial charge is 0.326 e. The van der Waals surface area contributed by atoms with Gasteiger partial charge in [-0.25, -0.2) is 4.68 Å². The maximum atomic E-state index is 6.29. The van der Waals surface area contributed by atoms with E-state index in [0.717, 1.165) is 11.6 Å². The molecule has 2 N–H and O–H groups in total. The highest BCUT2D eigenvalue weighted by Crippen LogP contribution is 2.41. The Bertz CT molecular complexity index is 553. The first-order valence-corrected chi connectivity index (χ1v) is 7.77. The average Bonchev–Trinajstić information content (AvgIpc) is 3.24. The van der Waals surface area contributed by atoms with Crippen molar-refractivity contribution >= 4 is 11.8 Å². The van der Waals surface area contributed by atoms with E-state index in [0.29, 0.717) is 6.04 Å². The summed E-state index contributed by atoms with van der Waals surface area (Å²) in [7, 11) is 0. The van der Waals surface area contributed by atoms with E-state index >= 15 is 0 Å². The fourth-order valence-corrected chi connectivity index (χ4v) is 3.36. The summed E-state index contributed by atoms with van der Waals surface area (Å²) in [6.45, 7) is 2.10. The summed E-state index contributed by atoms with van der Waals surface area (Å²) < 4.78 is 1.93. The summed E-state index contributed by atoms with van der Waals surface area (Å²) in [6.07, 6.45) is 6.84. The molecule has 0 amide bonds. The summed E-state index contributed by atoms with van der Waals surface area (Å²) in [4.78, 5) is 4.07. The van der Waals surface area contributed by atoms with Gasteiger partial charge in [-0.1, -0.05) is 18.7 Å². The molecule has 7 heteroatoms. The van der Waals surface area contributed by atoms with Crippen molar-refractivity contribution in [2.24, 2.45) is 5.73 Å². The van der Waals surface area contributed by atoms with E-state index in [1.165, 1.54) is 18.4 Å². The molecule has 1 aliphatic carbocycles. The van der Waals surface area contributed by atoms with Gasteiger partial charge in [0.05, 0.1) is 11.3 Å². The first kappa shape index (κ1) is 13.5. The van der Waals surface area contributed by atoms with Gasteiger partial charge in [-0.15, -0.1) is 5.10 Å². The Morgan fingerprint density at radius 3 is 2.80 bits per heavy atom. The van der Waals surface area contributed by atoms with Crippen LogP contribution in [-0.4, -0.2) is 31.2 Å². The van der Waals surface area contributed by atoms with Gasteiger partial charge in [0.1, 0.15) is 0 Å². The molecule has 0 aliphatic heterocycles. The Labute approximate surface area is 122 Å². The quantitative estimate of drug-likeness (QED) is 0.819. The number of thioether (sulfide) groups is 1. The van der Waals surface area contributed by atoms with Gasteiger partial charge in [0.25, 0.3) is 0 Å². The minimum absolute atomic E-state index is 0.0618. The van der Waals surface area contributed by atoms with Gasteiger partial charge in [0.2, 0.25) is 5.16 Å². The molecule has 1 saturated carbocycles. The summed E-state index contributed by atoms with van der Waals surface area (Å²) in [5.74, 6) is 0. The molecule has 2 atom stereocenters. The van der Waals surface area contributed by atoms with Crippen molar-refractivity contribution < 1.29 is 0 Å². The summed E-state index contributed by atoms with van der Waals surface area (Å²) in [5.41, 5.74) is 7.46. The molecule has 0 radical (unpaired) electrons. The van der Waals surface area contributed by atoms with E-state index in [4.69, 9.17) is 5.73 Å². The van der Waals surface area contributed by atoms with Gasteiger partial charge < -0.3 is 5.73 Å². The van der Waals surface area contributed by atoms with Crippen molar-refractivity contribution in [3.8, 4) is 0 Å². The van der Waals surface area contributed by atoms with Crippen LogP contribution in [0.2, 0.25) is 0 Å². The number of hydrogen-bond donors (Lipinski definition) is 1. The van der Waals surface area contributed by atoms with Crippen LogP contribution < -0.4 is 5.73 Å². The second-order valence-electron chi connectivity index (χ2n) is 5.03. The molecule has 2 unspecified atom stereocenters. The zero-order valence-corrected chi connectivity index (χ0v) is 12.2. The molecule has 0 aromatic carbocycles. The number of aromatic nitrogens is 5. The van der Waals surface area contributed by atoms with Crippen LogP contribution in [0.15, 0.2) is 29.7 Å². The molecular formula is C13H18N6S. The molecule has 6 nitrogen and oxygen atoms in total. The second-order valence-corrected chi connectivity index (χ2v) is 6.14. The number of pyridine rings is 1. The standard InChI is InChI=1S/C13H18N6S/c1-2-11(14)12(9-5-7-15-8-6-9)20-13-16-17-18-19(13)10-3-4-10/h5-8,10-12H,2-4,14H2,1H3. The number of rotatable bonds is 6. The van der Waals surface area contributed by atoms with Crippen LogP contribution in [0.5, 0.6) is 0 Å². The van der Waals surface area contributed by atoms with Gasteiger partial charge in [0, 0.05) is 18.4 Å². The Morgan fingerprint density at radius 2 is 2.15 bits per heavy atom. The third-order valence-electron chi connectivity index (χ3n) is 3.48. The van der Waals surface area contributed by atoms with E-state index in [-0.39, 0.29) is 11.3 Å². The van der Waals surface area contributed by atoms with Crippen LogP contribution in [-0.2, 0) is 0 Å². The SMILES string of the molecule is CCC(N)C(Sc1nnnn1C1CC1)c1ccncc1. The molecular weight excluding hydrogens is 272 g/mol. The van der Waals surface area contributed by atoms with Crippen LogP contribution in [0, 0.1) is 0 Å². The Kier molecular flexibility index (Phi) is 3.98. The van der Waals surface area contributed by atoms with Gasteiger partial charge >= 0.3 is 0 Å². The van der Waals surface area contributed by atoms with Crippen molar-refractivity contribution in [2.45, 2.75) is 48.7 Å². The Balaban J connectivity index is 1.84. The lowest BCUT2D eigenvalue weighted by atomic mass is 10.1. The predicted octanol–water partition coefficient (Wildman–Crippen LogP) is 1.97. The minimum atomic E-state index is 0.0618. The number of tetrazole rings is 1. The smallest absolute Gasteiger partial charge is 0.210 e. The molecule has 1 fully saturated rings. The molecule has 106 valence electrons. The molecule has 0 bridgehead atoms. The zero-order chi connectivity index (χ0) is 13.9. The van der Waals surface area contributed by atoms with E-state index in [1.807, 2.05) is 16.8 Å². The highest BCUT2D eigenvalue weighted by molar-refractivity contribution is 7.99. The first-order valence-electron chi connectivity index (χ1n) is 6.89. The average molecular weight is 290 g/mol. The maximum absolute atomic E-state index is 6.29. The van der Waals surface area contributed by atoms with Crippen LogP contribution in [0.1, 0.15) is 43.0 Å². The van der Waals surface area contributed by atoms with Crippen LogP contribution in [0.4, 0.5) is 0 Å². The molecule has 3 rings (SSSR count). The normalized spacial score (nSPS) is 17.9. The summed E-state index contributed by atoms with van der Waals surface area (Å²) in [5, 5.41) is 13.1. The molecule has 0 saturated heterocycles. The number of hydrogen-bond acceptors (Lipinski definition) is 6. The van der Waals surface area contributed by atoms with Crippen molar-refractivity contribution in [1.82, 2.24) is 25.2 Å². The molecule has 0 spiro atoms. The number of nitrogens with zero attached hydrogens (tertiary/aromatic N) is 5. The van der Waals surface area contributed by atoms with E-state index < -0.39 is 0 Å². The lowest BCUT2D eigenvalue weighted by Crippen LogP contribution is -2.26. The van der Waals surface area contributed by atoms with E-state index in [9.17, 15) is 0 Å².